The third-order valence-electron chi connectivity index (χ3n) is 3.57. The van der Waals surface area contributed by atoms with Crippen molar-refractivity contribution in [3.05, 3.63) is 70.8 Å². The summed E-state index contributed by atoms with van der Waals surface area (Å²) in [7, 11) is 1.58. The van der Waals surface area contributed by atoms with E-state index in [2.05, 4.69) is 10.6 Å². The Morgan fingerprint density at radius 2 is 1.83 bits per heavy atom. The minimum atomic E-state index is -0.261. The molecule has 0 saturated carbocycles. The molecule has 0 atom stereocenters. The molecular weight excluding hydrogens is 304 g/mol. The van der Waals surface area contributed by atoms with Crippen LogP contribution in [0.25, 0.3) is 6.08 Å². The summed E-state index contributed by atoms with van der Waals surface area (Å²) in [6, 6.07) is 12.4. The van der Waals surface area contributed by atoms with Gasteiger partial charge in [-0.1, -0.05) is 24.3 Å². The van der Waals surface area contributed by atoms with Crippen LogP contribution >= 0.6 is 0 Å². The van der Waals surface area contributed by atoms with E-state index in [1.807, 2.05) is 19.1 Å². The minimum Gasteiger partial charge on any atom is -0.392 e. The van der Waals surface area contributed by atoms with Gasteiger partial charge in [0.2, 0.25) is 5.91 Å². The third-order valence-corrected chi connectivity index (χ3v) is 3.57. The molecule has 5 nitrogen and oxygen atoms in total. The average molecular weight is 324 g/mol. The van der Waals surface area contributed by atoms with E-state index in [1.165, 1.54) is 6.08 Å². The summed E-state index contributed by atoms with van der Waals surface area (Å²) in [5.41, 5.74) is 3.72. The summed E-state index contributed by atoms with van der Waals surface area (Å²) in [4.78, 5) is 23.5. The summed E-state index contributed by atoms with van der Waals surface area (Å²) in [5.74, 6) is -0.411. The van der Waals surface area contributed by atoms with Crippen LogP contribution in [0, 0.1) is 6.92 Å². The topological polar surface area (TPSA) is 78.4 Å². The van der Waals surface area contributed by atoms with E-state index >= 15 is 0 Å². The zero-order chi connectivity index (χ0) is 17.5. The van der Waals surface area contributed by atoms with Gasteiger partial charge in [0.25, 0.3) is 5.91 Å². The van der Waals surface area contributed by atoms with E-state index in [0.717, 1.165) is 16.7 Å². The number of aliphatic hydroxyl groups is 1. The van der Waals surface area contributed by atoms with E-state index < -0.39 is 0 Å². The van der Waals surface area contributed by atoms with Gasteiger partial charge >= 0.3 is 0 Å². The van der Waals surface area contributed by atoms with Gasteiger partial charge in [-0.15, -0.1) is 0 Å². The molecule has 2 rings (SSSR count). The lowest BCUT2D eigenvalue weighted by Gasteiger charge is -2.08. The highest BCUT2D eigenvalue weighted by Gasteiger charge is 2.04. The molecule has 24 heavy (non-hydrogen) atoms. The third kappa shape index (κ3) is 4.54. The molecule has 2 aromatic rings. The lowest BCUT2D eigenvalue weighted by atomic mass is 10.1. The smallest absolute Gasteiger partial charge is 0.251 e. The van der Waals surface area contributed by atoms with Gasteiger partial charge in [-0.25, -0.2) is 0 Å². The van der Waals surface area contributed by atoms with Gasteiger partial charge in [0, 0.05) is 24.4 Å². The molecule has 0 bridgehead atoms. The molecule has 124 valence electrons. The first-order valence-electron chi connectivity index (χ1n) is 7.55. The number of carbonyl (C=O) groups is 2. The second kappa shape index (κ2) is 8.08. The van der Waals surface area contributed by atoms with Crippen molar-refractivity contribution in [2.45, 2.75) is 13.5 Å². The molecule has 0 unspecified atom stereocenters. The van der Waals surface area contributed by atoms with Gasteiger partial charge in [-0.2, -0.15) is 0 Å². The molecule has 0 aliphatic heterocycles. The highest BCUT2D eigenvalue weighted by molar-refractivity contribution is 6.02. The van der Waals surface area contributed by atoms with Gasteiger partial charge < -0.3 is 15.7 Å². The molecule has 0 aliphatic rings. The maximum atomic E-state index is 12.0. The zero-order valence-electron chi connectivity index (χ0n) is 13.7. The van der Waals surface area contributed by atoms with Crippen molar-refractivity contribution < 1.29 is 14.7 Å². The van der Waals surface area contributed by atoms with Crippen LogP contribution in [0.2, 0.25) is 0 Å². The summed E-state index contributed by atoms with van der Waals surface area (Å²) in [6.07, 6.45) is 3.11. The van der Waals surface area contributed by atoms with Crippen LogP contribution in [0.3, 0.4) is 0 Å². The van der Waals surface area contributed by atoms with E-state index in [4.69, 9.17) is 5.11 Å². The number of aliphatic hydroxyl groups excluding tert-OH is 1. The molecule has 3 N–H and O–H groups in total. The molecule has 0 aliphatic carbocycles. The largest absolute Gasteiger partial charge is 0.392 e. The van der Waals surface area contributed by atoms with Crippen molar-refractivity contribution in [3.63, 3.8) is 0 Å². The molecular formula is C19H20N2O3. The van der Waals surface area contributed by atoms with Crippen LogP contribution in [0.4, 0.5) is 5.69 Å². The Morgan fingerprint density at radius 1 is 1.12 bits per heavy atom. The highest BCUT2D eigenvalue weighted by Crippen LogP contribution is 2.17. The fraction of sp³-hybridized carbons (Fsp3) is 0.158. The Labute approximate surface area is 141 Å². The molecule has 0 saturated heterocycles. The lowest BCUT2D eigenvalue weighted by molar-refractivity contribution is -0.111. The van der Waals surface area contributed by atoms with Crippen LogP contribution in [-0.2, 0) is 11.4 Å². The van der Waals surface area contributed by atoms with Gasteiger partial charge in [-0.3, -0.25) is 9.59 Å². The number of anilines is 1. The van der Waals surface area contributed by atoms with E-state index in [-0.39, 0.29) is 18.4 Å². The number of carbonyl (C=O) groups excluding carboxylic acids is 2. The van der Waals surface area contributed by atoms with Gasteiger partial charge in [0.1, 0.15) is 0 Å². The second-order valence-electron chi connectivity index (χ2n) is 5.33. The fourth-order valence-electron chi connectivity index (χ4n) is 2.14. The van der Waals surface area contributed by atoms with Crippen LogP contribution < -0.4 is 10.6 Å². The Morgan fingerprint density at radius 3 is 2.46 bits per heavy atom. The van der Waals surface area contributed by atoms with Crippen LogP contribution in [0.15, 0.2) is 48.5 Å². The molecule has 0 spiro atoms. The minimum absolute atomic E-state index is 0.0727. The van der Waals surface area contributed by atoms with Crippen molar-refractivity contribution in [1.82, 2.24) is 5.32 Å². The highest BCUT2D eigenvalue weighted by atomic mass is 16.3. The number of rotatable bonds is 5. The van der Waals surface area contributed by atoms with Gasteiger partial charge in [0.05, 0.1) is 6.61 Å². The SMILES string of the molecule is CNC(=O)c1ccc(/C=C/C(=O)Nc2cc(CO)ccc2C)cc1. The maximum Gasteiger partial charge on any atom is 0.251 e. The summed E-state index contributed by atoms with van der Waals surface area (Å²) < 4.78 is 0. The van der Waals surface area contributed by atoms with Crippen LogP contribution in [0.5, 0.6) is 0 Å². The summed E-state index contributed by atoms with van der Waals surface area (Å²) in [6.45, 7) is 1.81. The molecule has 0 aromatic heterocycles. The van der Waals surface area contributed by atoms with Crippen LogP contribution in [-0.4, -0.2) is 24.0 Å². The van der Waals surface area contributed by atoms with Gasteiger partial charge in [-0.05, 0) is 47.9 Å². The maximum absolute atomic E-state index is 12.0. The molecule has 0 heterocycles. The first kappa shape index (κ1) is 17.4. The predicted molar refractivity (Wildman–Crippen MR) is 94.6 cm³/mol. The van der Waals surface area contributed by atoms with Crippen molar-refractivity contribution in [2.75, 3.05) is 12.4 Å². The second-order valence-corrected chi connectivity index (χ2v) is 5.33. The molecule has 0 radical (unpaired) electrons. The molecule has 2 aromatic carbocycles. The number of hydrogen-bond acceptors (Lipinski definition) is 3. The zero-order valence-corrected chi connectivity index (χ0v) is 13.7. The Balaban J connectivity index is 2.04. The number of benzene rings is 2. The average Bonchev–Trinajstić information content (AvgIpc) is 2.61. The van der Waals surface area contributed by atoms with Crippen molar-refractivity contribution in [3.8, 4) is 0 Å². The van der Waals surface area contributed by atoms with E-state index in [0.29, 0.717) is 11.3 Å². The van der Waals surface area contributed by atoms with E-state index in [9.17, 15) is 9.59 Å². The number of amides is 2. The first-order valence-corrected chi connectivity index (χ1v) is 7.55. The fourth-order valence-corrected chi connectivity index (χ4v) is 2.14. The standard InChI is InChI=1S/C19H20N2O3/c1-13-3-4-15(12-22)11-17(13)21-18(23)10-7-14-5-8-16(9-6-14)19(24)20-2/h3-11,22H,12H2,1-2H3,(H,20,24)(H,21,23)/b10-7+. The number of nitrogens with one attached hydrogen (secondary N) is 2. The normalized spacial score (nSPS) is 10.6. The van der Waals surface area contributed by atoms with Crippen molar-refractivity contribution in [1.29, 1.82) is 0 Å². The quantitative estimate of drug-likeness (QED) is 0.740. The predicted octanol–water partition coefficient (Wildman–Crippen LogP) is 2.50. The molecule has 5 heteroatoms. The number of hydrogen-bond donors (Lipinski definition) is 3. The Bertz CT molecular complexity index is 765. The number of aryl methyl sites for hydroxylation is 1. The monoisotopic (exact) mass is 324 g/mol. The van der Waals surface area contributed by atoms with Crippen molar-refractivity contribution >= 4 is 23.6 Å². The van der Waals surface area contributed by atoms with Crippen molar-refractivity contribution in [2.24, 2.45) is 0 Å². The summed E-state index contributed by atoms with van der Waals surface area (Å²) in [5, 5.41) is 14.5. The lowest BCUT2D eigenvalue weighted by Crippen LogP contribution is -2.17. The first-order chi connectivity index (χ1) is 11.5. The molecule has 2 amide bonds. The summed E-state index contributed by atoms with van der Waals surface area (Å²) >= 11 is 0. The van der Waals surface area contributed by atoms with Crippen LogP contribution in [0.1, 0.15) is 27.0 Å². The Kier molecular flexibility index (Phi) is 5.87. The Hall–Kier alpha value is -2.92. The molecule has 0 fully saturated rings. The van der Waals surface area contributed by atoms with E-state index in [1.54, 1.807) is 43.5 Å². The van der Waals surface area contributed by atoms with Gasteiger partial charge in [0.15, 0.2) is 0 Å².